The highest BCUT2D eigenvalue weighted by Gasteiger charge is 2.25. The first-order valence-corrected chi connectivity index (χ1v) is 10.1. The molecule has 1 atom stereocenters. The summed E-state index contributed by atoms with van der Waals surface area (Å²) in [7, 11) is 0. The second-order valence-electron chi connectivity index (χ2n) is 6.76. The Morgan fingerprint density at radius 3 is 2.60 bits per heavy atom. The van der Waals surface area contributed by atoms with E-state index in [0.717, 1.165) is 24.1 Å². The summed E-state index contributed by atoms with van der Waals surface area (Å²) in [5, 5.41) is 1.22. The van der Waals surface area contributed by atoms with Gasteiger partial charge < -0.3 is 0 Å². The molecule has 1 aromatic heterocycles. The summed E-state index contributed by atoms with van der Waals surface area (Å²) in [6, 6.07) is 18.8. The van der Waals surface area contributed by atoms with Crippen LogP contribution in [0.1, 0.15) is 41.4 Å². The highest BCUT2D eigenvalue weighted by molar-refractivity contribution is 7.99. The first-order chi connectivity index (χ1) is 12.3. The largest absolute Gasteiger partial charge is 0.283 e. The molecule has 1 aliphatic rings. The highest BCUT2D eigenvalue weighted by Crippen LogP contribution is 2.33. The molecular weight excluding hydrogens is 326 g/mol. The van der Waals surface area contributed by atoms with Crippen molar-refractivity contribution in [3.8, 4) is 0 Å². The molecule has 2 nitrogen and oxygen atoms in total. The number of aryl methyl sites for hydroxylation is 1. The van der Waals surface area contributed by atoms with E-state index in [0.29, 0.717) is 0 Å². The van der Waals surface area contributed by atoms with Crippen molar-refractivity contribution in [2.24, 2.45) is 0 Å². The average Bonchev–Trinajstić information content (AvgIpc) is 3.01. The first kappa shape index (κ1) is 16.5. The third-order valence-electron chi connectivity index (χ3n) is 5.09. The fraction of sp³-hybridized carbons (Fsp3) is 0.318. The fourth-order valence-electron chi connectivity index (χ4n) is 3.80. The van der Waals surface area contributed by atoms with Crippen molar-refractivity contribution < 1.29 is 4.79 Å². The zero-order valence-corrected chi connectivity index (χ0v) is 15.4. The molecule has 1 aliphatic carbocycles. The minimum Gasteiger partial charge on any atom is -0.283 e. The van der Waals surface area contributed by atoms with Gasteiger partial charge in [0.25, 0.3) is 0 Å². The van der Waals surface area contributed by atoms with Crippen molar-refractivity contribution in [3.63, 3.8) is 0 Å². The quantitative estimate of drug-likeness (QED) is 0.622. The van der Waals surface area contributed by atoms with Gasteiger partial charge in [0.05, 0.1) is 10.8 Å². The van der Waals surface area contributed by atoms with E-state index >= 15 is 0 Å². The second kappa shape index (κ2) is 7.09. The third kappa shape index (κ3) is 3.13. The number of para-hydroxylation sites is 1. The van der Waals surface area contributed by atoms with Gasteiger partial charge in [-0.15, -0.1) is 11.8 Å². The molecular formula is C22H23NOS. The van der Waals surface area contributed by atoms with Crippen molar-refractivity contribution in [3.05, 3.63) is 71.4 Å². The van der Waals surface area contributed by atoms with E-state index in [1.165, 1.54) is 35.0 Å². The molecule has 128 valence electrons. The van der Waals surface area contributed by atoms with Crippen LogP contribution in [0.3, 0.4) is 0 Å². The number of hydrogen-bond acceptors (Lipinski definition) is 2. The van der Waals surface area contributed by atoms with Crippen LogP contribution in [-0.4, -0.2) is 15.7 Å². The Morgan fingerprint density at radius 1 is 1.04 bits per heavy atom. The molecule has 0 fully saturated rings. The summed E-state index contributed by atoms with van der Waals surface area (Å²) in [4.78, 5) is 13.3. The molecule has 0 saturated carbocycles. The van der Waals surface area contributed by atoms with Crippen LogP contribution in [0.4, 0.5) is 0 Å². The lowest BCUT2D eigenvalue weighted by atomic mass is 9.95. The molecule has 3 aromatic rings. The van der Waals surface area contributed by atoms with Gasteiger partial charge >= 0.3 is 0 Å². The number of hydrogen-bond donors (Lipinski definition) is 0. The Balaban J connectivity index is 1.63. The molecule has 4 rings (SSSR count). The van der Waals surface area contributed by atoms with E-state index in [9.17, 15) is 4.79 Å². The van der Waals surface area contributed by atoms with E-state index < -0.39 is 0 Å². The zero-order valence-electron chi connectivity index (χ0n) is 14.6. The van der Waals surface area contributed by atoms with Crippen molar-refractivity contribution in [2.45, 2.75) is 43.6 Å². The maximum atomic E-state index is 13.3. The number of carbonyl (C=O) groups excluding carboxylic acids is 1. The van der Waals surface area contributed by atoms with Gasteiger partial charge in [0.2, 0.25) is 5.91 Å². The van der Waals surface area contributed by atoms with Gasteiger partial charge in [-0.25, -0.2) is 0 Å². The SMILES string of the molecule is CC(SCc1ccccc1)C(=O)n1c2c(c3ccccc31)CCCC2. The lowest BCUT2D eigenvalue weighted by molar-refractivity contribution is 0.0917. The van der Waals surface area contributed by atoms with Gasteiger partial charge in [0.1, 0.15) is 0 Å². The predicted octanol–water partition coefficient (Wildman–Crippen LogP) is 5.48. The van der Waals surface area contributed by atoms with Crippen molar-refractivity contribution >= 4 is 28.6 Å². The lowest BCUT2D eigenvalue weighted by Gasteiger charge is -2.18. The number of fused-ring (bicyclic) bond motifs is 3. The van der Waals surface area contributed by atoms with Crippen LogP contribution >= 0.6 is 11.8 Å². The molecule has 25 heavy (non-hydrogen) atoms. The number of nitrogens with zero attached hydrogens (tertiary/aromatic N) is 1. The molecule has 1 heterocycles. The van der Waals surface area contributed by atoms with Crippen LogP contribution in [0.15, 0.2) is 54.6 Å². The van der Waals surface area contributed by atoms with Crippen LogP contribution in [0.5, 0.6) is 0 Å². The smallest absolute Gasteiger partial charge is 0.244 e. The molecule has 0 radical (unpaired) electrons. The van der Waals surface area contributed by atoms with Crippen molar-refractivity contribution in [1.82, 2.24) is 4.57 Å². The standard InChI is InChI=1S/C22H23NOS/c1-16(25-15-17-9-3-2-4-10-17)22(24)23-20-13-7-5-11-18(20)19-12-6-8-14-21(19)23/h2-5,7,9-11,13,16H,6,8,12,14-15H2,1H3. The van der Waals surface area contributed by atoms with Gasteiger partial charge in [-0.3, -0.25) is 9.36 Å². The van der Waals surface area contributed by atoms with Gasteiger partial charge in [0, 0.05) is 16.8 Å². The maximum Gasteiger partial charge on any atom is 0.244 e. The molecule has 0 N–H and O–H groups in total. The summed E-state index contributed by atoms with van der Waals surface area (Å²) in [6.45, 7) is 2.04. The highest BCUT2D eigenvalue weighted by atomic mass is 32.2. The Kier molecular flexibility index (Phi) is 4.67. The summed E-state index contributed by atoms with van der Waals surface area (Å²) < 4.78 is 2.02. The molecule has 0 bridgehead atoms. The summed E-state index contributed by atoms with van der Waals surface area (Å²) in [6.07, 6.45) is 4.53. The Hall–Kier alpha value is -2.00. The molecule has 0 saturated heterocycles. The van der Waals surface area contributed by atoms with Crippen molar-refractivity contribution in [2.75, 3.05) is 0 Å². The Morgan fingerprint density at radius 2 is 1.76 bits per heavy atom. The van der Waals surface area contributed by atoms with Gasteiger partial charge in [-0.2, -0.15) is 0 Å². The number of carbonyl (C=O) groups is 1. The lowest BCUT2D eigenvalue weighted by Crippen LogP contribution is -2.24. The monoisotopic (exact) mass is 349 g/mol. The summed E-state index contributed by atoms with van der Waals surface area (Å²) >= 11 is 1.72. The minimum absolute atomic E-state index is 0.0537. The first-order valence-electron chi connectivity index (χ1n) is 9.06. The van der Waals surface area contributed by atoms with Crippen molar-refractivity contribution in [1.29, 1.82) is 0 Å². The summed E-state index contributed by atoms with van der Waals surface area (Å²) in [5.74, 6) is 1.09. The minimum atomic E-state index is -0.0537. The van der Waals surface area contributed by atoms with Gasteiger partial charge in [-0.1, -0.05) is 48.5 Å². The average molecular weight is 349 g/mol. The fourth-order valence-corrected chi connectivity index (χ4v) is 4.68. The second-order valence-corrected chi connectivity index (χ2v) is 8.09. The molecule has 2 aromatic carbocycles. The van der Waals surface area contributed by atoms with Gasteiger partial charge in [0.15, 0.2) is 0 Å². The van der Waals surface area contributed by atoms with Crippen LogP contribution < -0.4 is 0 Å². The third-order valence-corrected chi connectivity index (χ3v) is 6.29. The van der Waals surface area contributed by atoms with Crippen LogP contribution in [-0.2, 0) is 18.6 Å². The van der Waals surface area contributed by atoms with E-state index in [4.69, 9.17) is 0 Å². The molecule has 1 unspecified atom stereocenters. The number of benzene rings is 2. The number of rotatable bonds is 4. The van der Waals surface area contributed by atoms with Crippen LogP contribution in [0.25, 0.3) is 10.9 Å². The Bertz CT molecular complexity index is 897. The molecule has 0 spiro atoms. The zero-order chi connectivity index (χ0) is 17.2. The predicted molar refractivity (Wildman–Crippen MR) is 106 cm³/mol. The molecule has 0 aliphatic heterocycles. The van der Waals surface area contributed by atoms with E-state index in [1.807, 2.05) is 23.6 Å². The normalized spacial score (nSPS) is 15.1. The topological polar surface area (TPSA) is 22.0 Å². The van der Waals surface area contributed by atoms with Gasteiger partial charge in [-0.05, 0) is 49.8 Å². The van der Waals surface area contributed by atoms with E-state index in [1.54, 1.807) is 11.8 Å². The molecule has 0 amide bonds. The van der Waals surface area contributed by atoms with E-state index in [-0.39, 0.29) is 11.2 Å². The Labute approximate surface area is 153 Å². The van der Waals surface area contributed by atoms with Crippen LogP contribution in [0, 0.1) is 0 Å². The number of thioether (sulfide) groups is 1. The maximum absolute atomic E-state index is 13.3. The van der Waals surface area contributed by atoms with E-state index in [2.05, 4.69) is 42.5 Å². The van der Waals surface area contributed by atoms with Crippen LogP contribution in [0.2, 0.25) is 0 Å². The summed E-state index contributed by atoms with van der Waals surface area (Å²) in [5.41, 5.74) is 5.01. The molecule has 3 heteroatoms. The number of aromatic nitrogens is 1.